The standard InChI is InChI=1S/C16H19N3O2/c1-20-14-8-5-9-15(12-14)21-11-10-18-16(17)19-13-6-3-2-4-7-13/h2-9,12H,10-11H2,1H3,(H3,17,18,19). The predicted molar refractivity (Wildman–Crippen MR) is 85.0 cm³/mol. The maximum atomic E-state index is 5.79. The maximum Gasteiger partial charge on any atom is 0.193 e. The second-order valence-corrected chi connectivity index (χ2v) is 4.29. The lowest BCUT2D eigenvalue weighted by Gasteiger charge is -2.07. The fourth-order valence-corrected chi connectivity index (χ4v) is 1.73. The van der Waals surface area contributed by atoms with Crippen LogP contribution in [0.15, 0.2) is 59.6 Å². The molecule has 0 spiro atoms. The van der Waals surface area contributed by atoms with E-state index in [1.807, 2.05) is 54.6 Å². The Morgan fingerprint density at radius 3 is 2.62 bits per heavy atom. The SMILES string of the molecule is COc1cccc(OCCN=C(N)Nc2ccccc2)c1. The van der Waals surface area contributed by atoms with Gasteiger partial charge in [-0.05, 0) is 24.3 Å². The topological polar surface area (TPSA) is 68.9 Å². The van der Waals surface area contributed by atoms with E-state index in [9.17, 15) is 0 Å². The molecule has 5 nitrogen and oxygen atoms in total. The highest BCUT2D eigenvalue weighted by Gasteiger charge is 1.97. The van der Waals surface area contributed by atoms with Crippen molar-refractivity contribution in [3.63, 3.8) is 0 Å². The molecule has 5 heteroatoms. The monoisotopic (exact) mass is 285 g/mol. The maximum absolute atomic E-state index is 5.79. The van der Waals surface area contributed by atoms with Gasteiger partial charge in [0.1, 0.15) is 18.1 Å². The summed E-state index contributed by atoms with van der Waals surface area (Å²) in [5, 5.41) is 3.01. The number of nitrogens with zero attached hydrogens (tertiary/aromatic N) is 1. The molecule has 0 aliphatic rings. The molecule has 3 N–H and O–H groups in total. The lowest BCUT2D eigenvalue weighted by molar-refractivity contribution is 0.325. The zero-order chi connectivity index (χ0) is 14.9. The van der Waals surface area contributed by atoms with Gasteiger partial charge in [0.25, 0.3) is 0 Å². The Morgan fingerprint density at radius 1 is 1.10 bits per heavy atom. The van der Waals surface area contributed by atoms with Crippen molar-refractivity contribution in [3.8, 4) is 11.5 Å². The number of ether oxygens (including phenoxy) is 2. The van der Waals surface area contributed by atoms with E-state index >= 15 is 0 Å². The lowest BCUT2D eigenvalue weighted by atomic mass is 10.3. The third kappa shape index (κ3) is 5.06. The number of anilines is 1. The molecule has 0 atom stereocenters. The van der Waals surface area contributed by atoms with E-state index in [-0.39, 0.29) is 0 Å². The number of nitrogens with one attached hydrogen (secondary N) is 1. The quantitative estimate of drug-likeness (QED) is 0.486. The average Bonchev–Trinajstić information content (AvgIpc) is 2.53. The summed E-state index contributed by atoms with van der Waals surface area (Å²) in [6.07, 6.45) is 0. The molecule has 0 saturated carbocycles. The Labute approximate surface area is 124 Å². The molecule has 0 saturated heterocycles. The summed E-state index contributed by atoms with van der Waals surface area (Å²) in [5.74, 6) is 1.89. The van der Waals surface area contributed by atoms with Crippen LogP contribution in [-0.4, -0.2) is 26.2 Å². The van der Waals surface area contributed by atoms with Crippen molar-refractivity contribution in [2.45, 2.75) is 0 Å². The Morgan fingerprint density at radius 2 is 1.86 bits per heavy atom. The van der Waals surface area contributed by atoms with Crippen LogP contribution in [0.3, 0.4) is 0 Å². The fourth-order valence-electron chi connectivity index (χ4n) is 1.73. The highest BCUT2D eigenvalue weighted by molar-refractivity contribution is 5.92. The molecule has 110 valence electrons. The summed E-state index contributed by atoms with van der Waals surface area (Å²) in [4.78, 5) is 4.20. The highest BCUT2D eigenvalue weighted by atomic mass is 16.5. The number of guanidine groups is 1. The minimum atomic E-state index is 0.371. The van der Waals surface area contributed by atoms with Gasteiger partial charge in [-0.2, -0.15) is 0 Å². The van der Waals surface area contributed by atoms with Crippen LogP contribution >= 0.6 is 0 Å². The molecule has 2 rings (SSSR count). The van der Waals surface area contributed by atoms with Crippen LogP contribution in [0.2, 0.25) is 0 Å². The number of hydrogen-bond donors (Lipinski definition) is 2. The van der Waals surface area contributed by atoms with Crippen molar-refractivity contribution in [3.05, 3.63) is 54.6 Å². The molecule has 0 amide bonds. The summed E-state index contributed by atoms with van der Waals surface area (Å²) < 4.78 is 10.7. The van der Waals surface area contributed by atoms with Gasteiger partial charge in [-0.1, -0.05) is 24.3 Å². The lowest BCUT2D eigenvalue weighted by Crippen LogP contribution is -2.23. The van der Waals surface area contributed by atoms with Gasteiger partial charge in [0.2, 0.25) is 0 Å². The number of rotatable bonds is 6. The van der Waals surface area contributed by atoms with Crippen LogP contribution in [-0.2, 0) is 0 Å². The first-order valence-electron chi connectivity index (χ1n) is 6.67. The molecular formula is C16H19N3O2. The molecule has 0 heterocycles. The minimum absolute atomic E-state index is 0.371. The normalized spacial score (nSPS) is 11.0. The van der Waals surface area contributed by atoms with Crippen molar-refractivity contribution in [1.29, 1.82) is 0 Å². The van der Waals surface area contributed by atoms with E-state index in [0.29, 0.717) is 19.1 Å². The fraction of sp³-hybridized carbons (Fsp3) is 0.188. The van der Waals surface area contributed by atoms with Gasteiger partial charge < -0.3 is 20.5 Å². The zero-order valence-electron chi connectivity index (χ0n) is 12.0. The Kier molecular flexibility index (Phi) is 5.46. The first-order valence-corrected chi connectivity index (χ1v) is 6.67. The van der Waals surface area contributed by atoms with Crippen LogP contribution < -0.4 is 20.5 Å². The van der Waals surface area contributed by atoms with Gasteiger partial charge in [0.05, 0.1) is 13.7 Å². The predicted octanol–water partition coefficient (Wildman–Crippen LogP) is 2.50. The number of benzene rings is 2. The van der Waals surface area contributed by atoms with Gasteiger partial charge in [0.15, 0.2) is 5.96 Å². The van der Waals surface area contributed by atoms with E-state index < -0.39 is 0 Å². The van der Waals surface area contributed by atoms with Crippen molar-refractivity contribution in [1.82, 2.24) is 0 Å². The van der Waals surface area contributed by atoms with E-state index in [2.05, 4.69) is 10.3 Å². The number of para-hydroxylation sites is 1. The Balaban J connectivity index is 1.76. The van der Waals surface area contributed by atoms with Gasteiger partial charge >= 0.3 is 0 Å². The first kappa shape index (κ1) is 14.7. The summed E-state index contributed by atoms with van der Waals surface area (Å²) in [5.41, 5.74) is 6.70. The second kappa shape index (κ2) is 7.79. The number of hydrogen-bond acceptors (Lipinski definition) is 3. The molecule has 0 bridgehead atoms. The van der Waals surface area contributed by atoms with Crippen molar-refractivity contribution >= 4 is 11.6 Å². The molecule has 0 fully saturated rings. The molecule has 0 radical (unpaired) electrons. The van der Waals surface area contributed by atoms with Gasteiger partial charge in [-0.15, -0.1) is 0 Å². The molecule has 0 aliphatic carbocycles. The Bertz CT molecular complexity index is 585. The number of nitrogens with two attached hydrogens (primary N) is 1. The van der Waals surface area contributed by atoms with E-state index in [1.165, 1.54) is 0 Å². The Hall–Kier alpha value is -2.69. The third-order valence-corrected chi connectivity index (χ3v) is 2.73. The van der Waals surface area contributed by atoms with Crippen molar-refractivity contribution < 1.29 is 9.47 Å². The molecule has 21 heavy (non-hydrogen) atoms. The summed E-state index contributed by atoms with van der Waals surface area (Å²) in [6, 6.07) is 17.1. The molecule has 0 aliphatic heterocycles. The van der Waals surface area contributed by atoms with Crippen LogP contribution in [0.25, 0.3) is 0 Å². The minimum Gasteiger partial charge on any atom is -0.497 e. The molecule has 0 aromatic heterocycles. The van der Waals surface area contributed by atoms with E-state index in [4.69, 9.17) is 15.2 Å². The number of methoxy groups -OCH3 is 1. The molecule has 0 unspecified atom stereocenters. The van der Waals surface area contributed by atoms with Gasteiger partial charge in [0, 0.05) is 11.8 Å². The highest BCUT2D eigenvalue weighted by Crippen LogP contribution is 2.18. The summed E-state index contributed by atoms with van der Waals surface area (Å²) in [6.45, 7) is 0.924. The smallest absolute Gasteiger partial charge is 0.193 e. The van der Waals surface area contributed by atoms with Crippen LogP contribution in [0.1, 0.15) is 0 Å². The van der Waals surface area contributed by atoms with Gasteiger partial charge in [-0.3, -0.25) is 0 Å². The summed E-state index contributed by atoms with van der Waals surface area (Å²) >= 11 is 0. The molecular weight excluding hydrogens is 266 g/mol. The van der Waals surface area contributed by atoms with E-state index in [0.717, 1.165) is 17.2 Å². The molecule has 2 aromatic rings. The molecule has 2 aromatic carbocycles. The van der Waals surface area contributed by atoms with Crippen molar-refractivity contribution in [2.24, 2.45) is 10.7 Å². The van der Waals surface area contributed by atoms with Crippen LogP contribution in [0.4, 0.5) is 5.69 Å². The van der Waals surface area contributed by atoms with Crippen LogP contribution in [0.5, 0.6) is 11.5 Å². The van der Waals surface area contributed by atoms with Crippen molar-refractivity contribution in [2.75, 3.05) is 25.6 Å². The van der Waals surface area contributed by atoms with Crippen LogP contribution in [0, 0.1) is 0 Å². The first-order chi connectivity index (χ1) is 10.3. The zero-order valence-corrected chi connectivity index (χ0v) is 12.0. The van der Waals surface area contributed by atoms with E-state index in [1.54, 1.807) is 7.11 Å². The summed E-state index contributed by atoms with van der Waals surface area (Å²) in [7, 11) is 1.62. The largest absolute Gasteiger partial charge is 0.497 e. The van der Waals surface area contributed by atoms with Gasteiger partial charge in [-0.25, -0.2) is 4.99 Å². The number of aliphatic imine (C=N–C) groups is 1. The average molecular weight is 285 g/mol. The second-order valence-electron chi connectivity index (χ2n) is 4.29. The third-order valence-electron chi connectivity index (χ3n) is 2.73.